The summed E-state index contributed by atoms with van der Waals surface area (Å²) in [5, 5.41) is 4.73. The molecule has 18 heavy (non-hydrogen) atoms. The van der Waals surface area contributed by atoms with Crippen LogP contribution in [-0.4, -0.2) is 8.42 Å². The van der Waals surface area contributed by atoms with Gasteiger partial charge in [0.25, 0.3) is 0 Å². The highest BCUT2D eigenvalue weighted by molar-refractivity contribution is 7.84. The predicted molar refractivity (Wildman–Crippen MR) is 66.8 cm³/mol. The third kappa shape index (κ3) is 3.43. The van der Waals surface area contributed by atoms with Crippen LogP contribution in [0.3, 0.4) is 0 Å². The van der Waals surface area contributed by atoms with E-state index in [0.717, 1.165) is 11.1 Å². The molecule has 1 aromatic heterocycles. The maximum Gasteiger partial charge on any atom is 0.333 e. The summed E-state index contributed by atoms with van der Waals surface area (Å²) in [6.45, 7) is 1.79. The van der Waals surface area contributed by atoms with Crippen molar-refractivity contribution in [2.24, 2.45) is 5.14 Å². The Balaban J connectivity index is 2.13. The summed E-state index contributed by atoms with van der Waals surface area (Å²) in [5.74, 6) is 1.06. The van der Waals surface area contributed by atoms with Gasteiger partial charge in [-0.1, -0.05) is 29.8 Å². The molecule has 1 heterocycles. The van der Waals surface area contributed by atoms with Crippen molar-refractivity contribution in [3.8, 4) is 11.3 Å². The lowest BCUT2D eigenvalue weighted by Gasteiger charge is -1.99. The molecule has 0 unspecified atom stereocenters. The first kappa shape index (κ1) is 12.8. The van der Waals surface area contributed by atoms with Gasteiger partial charge in [0.05, 0.1) is 0 Å². The monoisotopic (exact) mass is 267 g/mol. The molecular formula is C12H13NO4S. The van der Waals surface area contributed by atoms with Crippen molar-refractivity contribution < 1.29 is 17.0 Å². The Kier molecular flexibility index (Phi) is 3.51. The van der Waals surface area contributed by atoms with E-state index in [-0.39, 0.29) is 6.61 Å². The minimum atomic E-state index is -3.94. The fourth-order valence-corrected chi connectivity index (χ4v) is 1.75. The molecule has 0 aliphatic carbocycles. The first-order valence-corrected chi connectivity index (χ1v) is 6.74. The maximum atomic E-state index is 10.6. The van der Waals surface area contributed by atoms with Gasteiger partial charge in [0, 0.05) is 5.56 Å². The zero-order chi connectivity index (χ0) is 13.2. The van der Waals surface area contributed by atoms with Crippen LogP contribution in [0.4, 0.5) is 0 Å². The zero-order valence-corrected chi connectivity index (χ0v) is 10.6. The van der Waals surface area contributed by atoms with Crippen LogP contribution in [0, 0.1) is 6.92 Å². The van der Waals surface area contributed by atoms with Crippen LogP contribution >= 0.6 is 0 Å². The van der Waals surface area contributed by atoms with E-state index in [1.165, 1.54) is 0 Å². The molecule has 0 saturated heterocycles. The molecule has 0 aliphatic heterocycles. The van der Waals surface area contributed by atoms with Gasteiger partial charge in [0.2, 0.25) is 0 Å². The fraction of sp³-hybridized carbons (Fsp3) is 0.167. The molecule has 2 rings (SSSR count). The summed E-state index contributed by atoms with van der Waals surface area (Å²) in [4.78, 5) is 0. The molecule has 96 valence electrons. The molecule has 6 heteroatoms. The van der Waals surface area contributed by atoms with Crippen molar-refractivity contribution in [1.82, 2.24) is 0 Å². The normalized spacial score (nSPS) is 11.7. The Morgan fingerprint density at radius 1 is 1.17 bits per heavy atom. The molecule has 0 bridgehead atoms. The zero-order valence-electron chi connectivity index (χ0n) is 9.79. The van der Waals surface area contributed by atoms with Gasteiger partial charge < -0.3 is 4.42 Å². The lowest BCUT2D eigenvalue weighted by atomic mass is 10.1. The smallest absolute Gasteiger partial charge is 0.333 e. The Morgan fingerprint density at radius 2 is 1.83 bits per heavy atom. The van der Waals surface area contributed by atoms with E-state index in [2.05, 4.69) is 4.18 Å². The quantitative estimate of drug-likeness (QED) is 0.918. The van der Waals surface area contributed by atoms with Crippen molar-refractivity contribution in [3.63, 3.8) is 0 Å². The average Bonchev–Trinajstić information content (AvgIpc) is 2.75. The number of hydrogen-bond donors (Lipinski definition) is 1. The third-order valence-electron chi connectivity index (χ3n) is 2.36. The van der Waals surface area contributed by atoms with Gasteiger partial charge in [-0.15, -0.1) is 0 Å². The van der Waals surface area contributed by atoms with Gasteiger partial charge in [-0.2, -0.15) is 8.42 Å². The second-order valence-electron chi connectivity index (χ2n) is 3.89. The van der Waals surface area contributed by atoms with E-state index in [1.807, 2.05) is 31.2 Å². The molecule has 0 saturated carbocycles. The number of furan rings is 1. The van der Waals surface area contributed by atoms with Crippen molar-refractivity contribution in [1.29, 1.82) is 0 Å². The molecule has 0 atom stereocenters. The lowest BCUT2D eigenvalue weighted by molar-refractivity contribution is 0.276. The van der Waals surface area contributed by atoms with Crippen LogP contribution in [0.1, 0.15) is 11.3 Å². The first-order valence-electron chi connectivity index (χ1n) is 5.27. The summed E-state index contributed by atoms with van der Waals surface area (Å²) in [5.41, 5.74) is 2.07. The summed E-state index contributed by atoms with van der Waals surface area (Å²) in [6, 6.07) is 11.2. The molecule has 0 spiro atoms. The van der Waals surface area contributed by atoms with E-state index in [9.17, 15) is 8.42 Å². The van der Waals surface area contributed by atoms with Gasteiger partial charge in [-0.05, 0) is 19.1 Å². The average molecular weight is 267 g/mol. The van der Waals surface area contributed by atoms with Crippen molar-refractivity contribution >= 4 is 10.3 Å². The van der Waals surface area contributed by atoms with Crippen molar-refractivity contribution in [2.45, 2.75) is 13.5 Å². The molecule has 1 aromatic carbocycles. The van der Waals surface area contributed by atoms with E-state index in [4.69, 9.17) is 9.56 Å². The van der Waals surface area contributed by atoms with Crippen LogP contribution in [0.5, 0.6) is 0 Å². The van der Waals surface area contributed by atoms with E-state index in [1.54, 1.807) is 12.1 Å². The van der Waals surface area contributed by atoms with Gasteiger partial charge in [-0.3, -0.25) is 4.18 Å². The second-order valence-corrected chi connectivity index (χ2v) is 5.11. The summed E-state index contributed by atoms with van der Waals surface area (Å²) in [6.07, 6.45) is 0. The van der Waals surface area contributed by atoms with Crippen molar-refractivity contribution in [3.05, 3.63) is 47.7 Å². The number of rotatable bonds is 4. The van der Waals surface area contributed by atoms with Crippen LogP contribution in [0.2, 0.25) is 0 Å². The minimum absolute atomic E-state index is 0.204. The third-order valence-corrected chi connectivity index (χ3v) is 2.81. The predicted octanol–water partition coefficient (Wildman–Crippen LogP) is 1.98. The Hall–Kier alpha value is -1.63. The SMILES string of the molecule is Cc1ccc(-c2ccc(COS(N)(=O)=O)o2)cc1. The summed E-state index contributed by atoms with van der Waals surface area (Å²) in [7, 11) is -3.94. The Morgan fingerprint density at radius 3 is 2.44 bits per heavy atom. The highest BCUT2D eigenvalue weighted by Gasteiger charge is 2.08. The molecule has 0 amide bonds. The van der Waals surface area contributed by atoms with E-state index < -0.39 is 10.3 Å². The van der Waals surface area contributed by atoms with Crippen LogP contribution < -0.4 is 5.14 Å². The number of hydrogen-bond acceptors (Lipinski definition) is 4. The number of benzene rings is 1. The Bertz CT molecular complexity index is 628. The Labute approximate surface area is 105 Å². The highest BCUT2D eigenvalue weighted by atomic mass is 32.2. The molecule has 2 N–H and O–H groups in total. The largest absolute Gasteiger partial charge is 0.459 e. The van der Waals surface area contributed by atoms with Gasteiger partial charge >= 0.3 is 10.3 Å². The molecule has 0 fully saturated rings. The first-order chi connectivity index (χ1) is 8.44. The van der Waals surface area contributed by atoms with Gasteiger partial charge in [0.1, 0.15) is 18.1 Å². The van der Waals surface area contributed by atoms with Crippen LogP contribution in [0.25, 0.3) is 11.3 Å². The van der Waals surface area contributed by atoms with Crippen LogP contribution in [-0.2, 0) is 21.1 Å². The summed E-state index contributed by atoms with van der Waals surface area (Å²) < 4.78 is 31.2. The molecular weight excluding hydrogens is 254 g/mol. The molecule has 5 nitrogen and oxygen atoms in total. The highest BCUT2D eigenvalue weighted by Crippen LogP contribution is 2.22. The van der Waals surface area contributed by atoms with Crippen LogP contribution in [0.15, 0.2) is 40.8 Å². The summed E-state index contributed by atoms with van der Waals surface area (Å²) >= 11 is 0. The lowest BCUT2D eigenvalue weighted by Crippen LogP contribution is -2.15. The topological polar surface area (TPSA) is 82.5 Å². The van der Waals surface area contributed by atoms with E-state index >= 15 is 0 Å². The minimum Gasteiger partial charge on any atom is -0.459 e. The van der Waals surface area contributed by atoms with Gasteiger partial charge in [0.15, 0.2) is 0 Å². The number of nitrogens with two attached hydrogens (primary N) is 1. The van der Waals surface area contributed by atoms with E-state index in [0.29, 0.717) is 11.5 Å². The maximum absolute atomic E-state index is 10.6. The molecule has 2 aromatic rings. The fourth-order valence-electron chi connectivity index (χ4n) is 1.47. The molecule has 0 radical (unpaired) electrons. The second kappa shape index (κ2) is 4.93. The van der Waals surface area contributed by atoms with Gasteiger partial charge in [-0.25, -0.2) is 5.14 Å². The standard InChI is InChI=1S/C12H13NO4S/c1-9-2-4-10(5-3-9)12-7-6-11(17-12)8-16-18(13,14)15/h2-7H,8H2,1H3,(H2,13,14,15). The van der Waals surface area contributed by atoms with Crippen molar-refractivity contribution in [2.75, 3.05) is 0 Å². The number of aryl methyl sites for hydroxylation is 1. The molecule has 0 aliphatic rings.